The van der Waals surface area contributed by atoms with Crippen LogP contribution in [0.3, 0.4) is 0 Å². The van der Waals surface area contributed by atoms with E-state index >= 15 is 0 Å². The number of aromatic nitrogens is 1. The zero-order chi connectivity index (χ0) is 41.7. The molecule has 1 fully saturated rings. The maximum Gasteiger partial charge on any atom is 0.311 e. The molecule has 320 valence electrons. The normalized spacial score (nSPS) is 24.6. The second kappa shape index (κ2) is 22.7. The molecular weight excluding hydrogens is 716 g/mol. The number of carbonyl (C=O) groups excluding carboxylic acids is 1. The second-order valence-electron chi connectivity index (χ2n) is 16.7. The van der Waals surface area contributed by atoms with E-state index in [4.69, 9.17) is 23.9 Å². The fourth-order valence-electron chi connectivity index (χ4n) is 7.71. The van der Waals surface area contributed by atoms with Crippen molar-refractivity contribution in [1.82, 2.24) is 20.1 Å². The molecule has 1 unspecified atom stereocenters. The minimum Gasteiger partial charge on any atom is -0.459 e. The molecule has 0 aliphatic carbocycles. The number of pyridine rings is 1. The van der Waals surface area contributed by atoms with Crippen LogP contribution in [0.15, 0.2) is 36.4 Å². The SMILES string of the molecule is CCC[C@@H](C)CN(C)[C@H](C)[C@@H](O)[C@](C)(O)[C@@H](CC)OC(=O)[C@H](C)[C@@H](O)[C@H](C)[C@H](O)O[C@@H]1OC(C)C[C@H](N(C)C)[C@H]1OCCCNCc1ccc2ccccc2n1. The highest BCUT2D eigenvalue weighted by Gasteiger charge is 2.46. The summed E-state index contributed by atoms with van der Waals surface area (Å²) in [6, 6.07) is 11.7. The number of hydrogen-bond donors (Lipinski definition) is 5. The van der Waals surface area contributed by atoms with Gasteiger partial charge in [-0.25, -0.2) is 0 Å². The number of ether oxygens (including phenoxy) is 4. The Bertz CT molecular complexity index is 1450. The highest BCUT2D eigenvalue weighted by atomic mass is 16.7. The number of hydrogen-bond acceptors (Lipinski definition) is 13. The molecule has 2 heterocycles. The van der Waals surface area contributed by atoms with Crippen molar-refractivity contribution in [2.75, 3.05) is 40.8 Å². The number of carbonyl (C=O) groups is 1. The van der Waals surface area contributed by atoms with Gasteiger partial charge in [-0.15, -0.1) is 0 Å². The summed E-state index contributed by atoms with van der Waals surface area (Å²) in [5.41, 5.74) is 0.167. The standard InChI is InChI=1S/C43H74N4O9/c1-12-17-27(3)26-47(11)31(7)39(49)43(8,52)36(13-2)55-40(50)29(5)37(48)30(6)41(51)56-42-38(35(46(9)10)24-28(4)54-42)53-23-16-22-44-25-33-21-20-32-18-14-15-19-34(32)45-33/h14-15,18-21,27-31,35-39,41-42,44,48-49,51-52H,12-13,16-17,22-26H2,1-11H3/t27-,28?,29-,30+,31-,35+,36-,37-,38-,39-,41-,42+,43-/m1/s1. The van der Waals surface area contributed by atoms with Crippen LogP contribution in [0.2, 0.25) is 0 Å². The summed E-state index contributed by atoms with van der Waals surface area (Å²) >= 11 is 0. The highest BCUT2D eigenvalue weighted by Crippen LogP contribution is 2.31. The molecule has 0 saturated carbocycles. The van der Waals surface area contributed by atoms with Crippen molar-refractivity contribution in [2.24, 2.45) is 17.8 Å². The Labute approximate surface area is 336 Å². The van der Waals surface area contributed by atoms with Crippen molar-refractivity contribution in [1.29, 1.82) is 0 Å². The van der Waals surface area contributed by atoms with E-state index in [0.29, 0.717) is 32.0 Å². The molecule has 2 aromatic rings. The summed E-state index contributed by atoms with van der Waals surface area (Å²) in [5, 5.41) is 49.9. The first-order valence-electron chi connectivity index (χ1n) is 20.7. The third-order valence-corrected chi connectivity index (χ3v) is 11.6. The third kappa shape index (κ3) is 13.4. The highest BCUT2D eigenvalue weighted by molar-refractivity contribution is 5.78. The molecule has 0 spiro atoms. The molecule has 13 heteroatoms. The largest absolute Gasteiger partial charge is 0.459 e. The first-order chi connectivity index (χ1) is 26.4. The van der Waals surface area contributed by atoms with Crippen LogP contribution in [0, 0.1) is 17.8 Å². The van der Waals surface area contributed by atoms with Crippen LogP contribution in [-0.2, 0) is 30.3 Å². The van der Waals surface area contributed by atoms with Crippen LogP contribution in [0.4, 0.5) is 0 Å². The molecule has 1 aliphatic heterocycles. The lowest BCUT2D eigenvalue weighted by atomic mass is 9.85. The van der Waals surface area contributed by atoms with Gasteiger partial charge in [0.25, 0.3) is 0 Å². The van der Waals surface area contributed by atoms with Gasteiger partial charge in [-0.05, 0) is 99.1 Å². The number of likely N-dealkylation sites (N-methyl/N-ethyl adjacent to an activating group) is 2. The molecule has 1 aromatic carbocycles. The number of esters is 1. The van der Waals surface area contributed by atoms with Gasteiger partial charge in [0, 0.05) is 43.1 Å². The minimum absolute atomic E-state index is 0.0591. The fraction of sp³-hybridized carbons (Fsp3) is 0.767. The van der Waals surface area contributed by atoms with Crippen molar-refractivity contribution in [3.05, 3.63) is 42.1 Å². The maximum absolute atomic E-state index is 13.4. The van der Waals surface area contributed by atoms with Crippen LogP contribution in [0.1, 0.15) is 93.2 Å². The van der Waals surface area contributed by atoms with Gasteiger partial charge in [0.05, 0.1) is 29.3 Å². The Morgan fingerprint density at radius 3 is 2.43 bits per heavy atom. The van der Waals surface area contributed by atoms with E-state index in [1.807, 2.05) is 70.2 Å². The summed E-state index contributed by atoms with van der Waals surface area (Å²) in [6.07, 6.45) is -2.97. The number of benzene rings is 1. The van der Waals surface area contributed by atoms with Gasteiger partial charge in [-0.2, -0.15) is 0 Å². The van der Waals surface area contributed by atoms with E-state index in [2.05, 4.69) is 30.1 Å². The summed E-state index contributed by atoms with van der Waals surface area (Å²) in [6.45, 7) is 16.9. The van der Waals surface area contributed by atoms with Crippen molar-refractivity contribution < 1.29 is 44.2 Å². The molecular formula is C43H74N4O9. The van der Waals surface area contributed by atoms with E-state index in [9.17, 15) is 25.2 Å². The topological polar surface area (TPSA) is 166 Å². The zero-order valence-electron chi connectivity index (χ0n) is 35.9. The van der Waals surface area contributed by atoms with E-state index in [0.717, 1.165) is 42.4 Å². The van der Waals surface area contributed by atoms with Crippen molar-refractivity contribution in [3.8, 4) is 0 Å². The summed E-state index contributed by atoms with van der Waals surface area (Å²) in [4.78, 5) is 22.2. The first kappa shape index (κ1) is 48.1. The lowest BCUT2D eigenvalue weighted by molar-refractivity contribution is -0.318. The number of aliphatic hydroxyl groups excluding tert-OH is 3. The van der Waals surface area contributed by atoms with Crippen LogP contribution in [0.25, 0.3) is 10.9 Å². The van der Waals surface area contributed by atoms with E-state index in [1.54, 1.807) is 13.8 Å². The fourth-order valence-corrected chi connectivity index (χ4v) is 7.71. The van der Waals surface area contributed by atoms with Crippen LogP contribution in [0.5, 0.6) is 0 Å². The quantitative estimate of drug-likeness (QED) is 0.0581. The molecule has 0 radical (unpaired) electrons. The maximum atomic E-state index is 13.4. The van der Waals surface area contributed by atoms with Gasteiger partial charge in [-0.3, -0.25) is 9.78 Å². The van der Waals surface area contributed by atoms with E-state index in [-0.39, 0.29) is 18.6 Å². The molecule has 56 heavy (non-hydrogen) atoms. The van der Waals surface area contributed by atoms with Gasteiger partial charge in [-0.1, -0.05) is 58.4 Å². The minimum atomic E-state index is -1.76. The van der Waals surface area contributed by atoms with Gasteiger partial charge >= 0.3 is 5.97 Å². The third-order valence-electron chi connectivity index (χ3n) is 11.6. The number of fused-ring (bicyclic) bond motifs is 1. The number of aliphatic hydroxyl groups is 4. The van der Waals surface area contributed by atoms with Crippen molar-refractivity contribution in [3.63, 3.8) is 0 Å². The zero-order valence-corrected chi connectivity index (χ0v) is 35.9. The molecule has 13 atom stereocenters. The predicted octanol–water partition coefficient (Wildman–Crippen LogP) is 4.32. The Balaban J connectivity index is 1.57. The second-order valence-corrected chi connectivity index (χ2v) is 16.7. The molecule has 13 nitrogen and oxygen atoms in total. The van der Waals surface area contributed by atoms with Gasteiger partial charge in [0.15, 0.2) is 12.6 Å². The molecule has 0 amide bonds. The lowest BCUT2D eigenvalue weighted by Gasteiger charge is -2.44. The Morgan fingerprint density at radius 2 is 1.77 bits per heavy atom. The van der Waals surface area contributed by atoms with Gasteiger partial charge < -0.3 is 54.5 Å². The first-order valence-corrected chi connectivity index (χ1v) is 20.7. The Morgan fingerprint density at radius 1 is 1.07 bits per heavy atom. The Hall–Kier alpha value is -2.30. The predicted molar refractivity (Wildman–Crippen MR) is 219 cm³/mol. The molecule has 0 bridgehead atoms. The molecule has 1 aliphatic rings. The van der Waals surface area contributed by atoms with E-state index < -0.39 is 66.4 Å². The number of rotatable bonds is 24. The average molecular weight is 791 g/mol. The summed E-state index contributed by atoms with van der Waals surface area (Å²) < 4.78 is 24.4. The van der Waals surface area contributed by atoms with Gasteiger partial charge in [0.1, 0.15) is 23.9 Å². The number of nitrogens with one attached hydrogen (secondary N) is 1. The van der Waals surface area contributed by atoms with Gasteiger partial charge in [0.2, 0.25) is 0 Å². The monoisotopic (exact) mass is 791 g/mol. The van der Waals surface area contributed by atoms with Crippen LogP contribution < -0.4 is 5.32 Å². The Kier molecular flexibility index (Phi) is 19.5. The molecule has 5 N–H and O–H groups in total. The summed E-state index contributed by atoms with van der Waals surface area (Å²) in [7, 11) is 5.85. The molecule has 3 rings (SSSR count). The average Bonchev–Trinajstić information content (AvgIpc) is 3.16. The molecule has 1 aromatic heterocycles. The van der Waals surface area contributed by atoms with Crippen molar-refractivity contribution >= 4 is 16.9 Å². The number of nitrogens with zero attached hydrogens (tertiary/aromatic N) is 3. The van der Waals surface area contributed by atoms with Crippen LogP contribution >= 0.6 is 0 Å². The number of para-hydroxylation sites is 1. The lowest BCUT2D eigenvalue weighted by Crippen LogP contribution is -2.59. The smallest absolute Gasteiger partial charge is 0.311 e. The summed E-state index contributed by atoms with van der Waals surface area (Å²) in [5.74, 6) is -2.33. The molecule has 1 saturated heterocycles. The van der Waals surface area contributed by atoms with Crippen LogP contribution in [-0.4, -0.2) is 143 Å². The van der Waals surface area contributed by atoms with E-state index in [1.165, 1.54) is 13.8 Å². The van der Waals surface area contributed by atoms with Crippen molar-refractivity contribution in [2.45, 2.75) is 155 Å².